The Morgan fingerprint density at radius 1 is 1.25 bits per heavy atom. The van der Waals surface area contributed by atoms with E-state index in [4.69, 9.17) is 14.6 Å². The maximum Gasteiger partial charge on any atom is 0.0698 e. The van der Waals surface area contributed by atoms with Crippen molar-refractivity contribution in [3.63, 3.8) is 0 Å². The quantitative estimate of drug-likeness (QED) is 0.563. The molecule has 0 amide bonds. The molecule has 1 aliphatic carbocycles. The van der Waals surface area contributed by atoms with E-state index >= 15 is 0 Å². The van der Waals surface area contributed by atoms with Crippen molar-refractivity contribution in [1.29, 1.82) is 0 Å². The minimum atomic E-state index is 0.107. The molecule has 1 aliphatic rings. The highest BCUT2D eigenvalue weighted by Crippen LogP contribution is 2.34. The first-order valence-corrected chi connectivity index (χ1v) is 6.21. The molecular formula is C12H25NO3. The smallest absolute Gasteiger partial charge is 0.0698 e. The summed E-state index contributed by atoms with van der Waals surface area (Å²) in [6, 6.07) is 0.632. The molecule has 0 saturated heterocycles. The van der Waals surface area contributed by atoms with Gasteiger partial charge in [-0.15, -0.1) is 0 Å². The highest BCUT2D eigenvalue weighted by molar-refractivity contribution is 4.85. The molecule has 1 fully saturated rings. The predicted octanol–water partition coefficient (Wildman–Crippen LogP) is 0.742. The van der Waals surface area contributed by atoms with Crippen LogP contribution in [0.1, 0.15) is 19.8 Å². The molecule has 0 aromatic heterocycles. The molecule has 1 atom stereocenters. The molecule has 0 aromatic rings. The largest absolute Gasteiger partial charge is 0.394 e. The van der Waals surface area contributed by atoms with E-state index in [9.17, 15) is 0 Å². The minimum absolute atomic E-state index is 0.107. The molecule has 1 rings (SSSR count). The van der Waals surface area contributed by atoms with Crippen LogP contribution in [0.3, 0.4) is 0 Å². The summed E-state index contributed by atoms with van der Waals surface area (Å²) in [4.78, 5) is 2.43. The lowest BCUT2D eigenvalue weighted by Gasteiger charge is -2.28. The van der Waals surface area contributed by atoms with Gasteiger partial charge in [-0.25, -0.2) is 0 Å². The molecule has 4 heteroatoms. The molecule has 0 spiro atoms. The van der Waals surface area contributed by atoms with E-state index in [1.54, 1.807) is 7.11 Å². The van der Waals surface area contributed by atoms with Crippen LogP contribution in [0.2, 0.25) is 0 Å². The summed E-state index contributed by atoms with van der Waals surface area (Å²) in [5, 5.41) is 8.62. The molecule has 0 heterocycles. The Bertz CT molecular complexity index is 174. The molecule has 0 aliphatic heterocycles. The summed E-state index contributed by atoms with van der Waals surface area (Å²) in [6.07, 6.45) is 2.73. The lowest BCUT2D eigenvalue weighted by molar-refractivity contribution is 0.0513. The van der Waals surface area contributed by atoms with Crippen LogP contribution in [0.25, 0.3) is 0 Å². The zero-order chi connectivity index (χ0) is 11.8. The maximum absolute atomic E-state index is 8.62. The second kappa shape index (κ2) is 8.01. The van der Waals surface area contributed by atoms with Gasteiger partial charge in [-0.3, -0.25) is 4.90 Å². The molecule has 4 nitrogen and oxygen atoms in total. The summed E-state index contributed by atoms with van der Waals surface area (Å²) in [6.45, 7) is 6.21. The van der Waals surface area contributed by atoms with Crippen molar-refractivity contribution in [3.05, 3.63) is 0 Å². The number of aliphatic hydroxyl groups excluding tert-OH is 1. The Morgan fingerprint density at radius 2 is 1.94 bits per heavy atom. The van der Waals surface area contributed by atoms with E-state index in [1.165, 1.54) is 12.8 Å². The lowest BCUT2D eigenvalue weighted by atomic mass is 10.2. The number of hydrogen-bond donors (Lipinski definition) is 1. The highest BCUT2D eigenvalue weighted by Gasteiger charge is 2.31. The van der Waals surface area contributed by atoms with Gasteiger partial charge in [-0.1, -0.05) is 0 Å². The van der Waals surface area contributed by atoms with Crippen LogP contribution in [0.15, 0.2) is 0 Å². The average molecular weight is 231 g/mol. The number of methoxy groups -OCH3 is 1. The van der Waals surface area contributed by atoms with Gasteiger partial charge < -0.3 is 14.6 Å². The van der Waals surface area contributed by atoms with Gasteiger partial charge in [-0.05, 0) is 25.7 Å². The third-order valence-corrected chi connectivity index (χ3v) is 3.22. The summed E-state index contributed by atoms with van der Waals surface area (Å²) < 4.78 is 10.4. The number of nitrogens with zero attached hydrogens (tertiary/aromatic N) is 1. The van der Waals surface area contributed by atoms with Gasteiger partial charge >= 0.3 is 0 Å². The van der Waals surface area contributed by atoms with Gasteiger partial charge in [0.2, 0.25) is 0 Å². The van der Waals surface area contributed by atoms with Crippen molar-refractivity contribution in [2.24, 2.45) is 5.92 Å². The van der Waals surface area contributed by atoms with Gasteiger partial charge in [0.15, 0.2) is 0 Å². The Labute approximate surface area is 98.5 Å². The third-order valence-electron chi connectivity index (χ3n) is 3.22. The summed E-state index contributed by atoms with van der Waals surface area (Å²) >= 11 is 0. The van der Waals surface area contributed by atoms with Crippen molar-refractivity contribution in [3.8, 4) is 0 Å². The summed E-state index contributed by atoms with van der Waals surface area (Å²) in [5.74, 6) is 0.870. The molecule has 0 aromatic carbocycles. The Kier molecular flexibility index (Phi) is 6.96. The fourth-order valence-electron chi connectivity index (χ4n) is 1.95. The van der Waals surface area contributed by atoms with E-state index in [-0.39, 0.29) is 6.61 Å². The lowest BCUT2D eigenvalue weighted by Crippen LogP contribution is -2.39. The van der Waals surface area contributed by atoms with Crippen LogP contribution in [-0.2, 0) is 9.47 Å². The first kappa shape index (κ1) is 13.9. The fourth-order valence-corrected chi connectivity index (χ4v) is 1.95. The van der Waals surface area contributed by atoms with Crippen molar-refractivity contribution in [2.75, 3.05) is 46.6 Å². The van der Waals surface area contributed by atoms with Gasteiger partial charge in [0, 0.05) is 26.2 Å². The maximum atomic E-state index is 8.62. The Hall–Kier alpha value is -0.160. The molecule has 0 bridgehead atoms. The van der Waals surface area contributed by atoms with Gasteiger partial charge in [0.1, 0.15) is 0 Å². The molecule has 1 saturated carbocycles. The van der Waals surface area contributed by atoms with Crippen molar-refractivity contribution < 1.29 is 14.6 Å². The topological polar surface area (TPSA) is 41.9 Å². The monoisotopic (exact) mass is 231 g/mol. The number of ether oxygens (including phenoxy) is 2. The summed E-state index contributed by atoms with van der Waals surface area (Å²) in [7, 11) is 1.74. The van der Waals surface area contributed by atoms with E-state index < -0.39 is 0 Å². The molecular weight excluding hydrogens is 206 g/mol. The first-order valence-electron chi connectivity index (χ1n) is 6.21. The molecule has 0 radical (unpaired) electrons. The van der Waals surface area contributed by atoms with Crippen LogP contribution in [0.5, 0.6) is 0 Å². The number of hydrogen-bond acceptors (Lipinski definition) is 4. The minimum Gasteiger partial charge on any atom is -0.394 e. The second-order valence-electron chi connectivity index (χ2n) is 4.44. The predicted molar refractivity (Wildman–Crippen MR) is 63.5 cm³/mol. The van der Waals surface area contributed by atoms with E-state index in [2.05, 4.69) is 11.8 Å². The SMILES string of the molecule is COCCN(CCOCCO)C(C)C1CC1. The van der Waals surface area contributed by atoms with E-state index in [0.29, 0.717) is 19.3 Å². The van der Waals surface area contributed by atoms with E-state index in [0.717, 1.165) is 25.6 Å². The molecule has 1 N–H and O–H groups in total. The van der Waals surface area contributed by atoms with Gasteiger partial charge in [0.05, 0.1) is 26.4 Å². The van der Waals surface area contributed by atoms with Crippen LogP contribution < -0.4 is 0 Å². The number of aliphatic hydroxyl groups is 1. The van der Waals surface area contributed by atoms with Crippen molar-refractivity contribution >= 4 is 0 Å². The first-order chi connectivity index (χ1) is 7.79. The van der Waals surface area contributed by atoms with E-state index in [1.807, 2.05) is 0 Å². The van der Waals surface area contributed by atoms with Gasteiger partial charge in [-0.2, -0.15) is 0 Å². The zero-order valence-corrected chi connectivity index (χ0v) is 10.5. The molecule has 16 heavy (non-hydrogen) atoms. The fraction of sp³-hybridized carbons (Fsp3) is 1.00. The Balaban J connectivity index is 2.19. The van der Waals surface area contributed by atoms with Crippen LogP contribution in [0, 0.1) is 5.92 Å². The average Bonchev–Trinajstić information content (AvgIpc) is 3.11. The second-order valence-corrected chi connectivity index (χ2v) is 4.44. The zero-order valence-electron chi connectivity index (χ0n) is 10.5. The van der Waals surface area contributed by atoms with Crippen LogP contribution >= 0.6 is 0 Å². The molecule has 1 unspecified atom stereocenters. The summed E-state index contributed by atoms with van der Waals surface area (Å²) in [5.41, 5.74) is 0. The molecule has 96 valence electrons. The highest BCUT2D eigenvalue weighted by atomic mass is 16.5. The van der Waals surface area contributed by atoms with Gasteiger partial charge in [0.25, 0.3) is 0 Å². The van der Waals surface area contributed by atoms with Crippen molar-refractivity contribution in [1.82, 2.24) is 4.90 Å². The van der Waals surface area contributed by atoms with Crippen LogP contribution in [-0.4, -0.2) is 62.7 Å². The third kappa shape index (κ3) is 5.25. The Morgan fingerprint density at radius 3 is 2.50 bits per heavy atom. The standard InChI is InChI=1S/C12H25NO3/c1-11(12-3-4-12)13(5-8-15-2)6-9-16-10-7-14/h11-12,14H,3-10H2,1-2H3. The van der Waals surface area contributed by atoms with Crippen molar-refractivity contribution in [2.45, 2.75) is 25.8 Å². The normalized spacial score (nSPS) is 18.0. The van der Waals surface area contributed by atoms with Crippen LogP contribution in [0.4, 0.5) is 0 Å². The number of rotatable bonds is 10.